The summed E-state index contributed by atoms with van der Waals surface area (Å²) < 4.78 is 22.9. The molecular formula is C13H27NO2S. The van der Waals surface area contributed by atoms with E-state index in [1.165, 1.54) is 25.7 Å². The lowest BCUT2D eigenvalue weighted by Gasteiger charge is -2.28. The van der Waals surface area contributed by atoms with Gasteiger partial charge in [0.15, 0.2) is 9.84 Å². The molecule has 1 fully saturated rings. The van der Waals surface area contributed by atoms with E-state index in [4.69, 9.17) is 0 Å². The molecule has 0 heterocycles. The summed E-state index contributed by atoms with van der Waals surface area (Å²) in [5, 5.41) is 3.38. The van der Waals surface area contributed by atoms with Crippen molar-refractivity contribution >= 4 is 9.84 Å². The average molecular weight is 261 g/mol. The van der Waals surface area contributed by atoms with E-state index in [9.17, 15) is 8.42 Å². The molecule has 0 aromatic carbocycles. The molecule has 0 aromatic rings. The second kappa shape index (κ2) is 6.74. The lowest BCUT2D eigenvalue weighted by Crippen LogP contribution is -2.37. The maximum absolute atomic E-state index is 11.5. The summed E-state index contributed by atoms with van der Waals surface area (Å²) in [6.45, 7) is 6.98. The van der Waals surface area contributed by atoms with Crippen molar-refractivity contribution in [3.63, 3.8) is 0 Å². The molecule has 0 radical (unpaired) electrons. The molecule has 1 aliphatic carbocycles. The highest BCUT2D eigenvalue weighted by molar-refractivity contribution is 7.91. The van der Waals surface area contributed by atoms with Crippen molar-refractivity contribution in [3.05, 3.63) is 0 Å². The van der Waals surface area contributed by atoms with E-state index in [1.807, 2.05) is 6.92 Å². The molecule has 1 N–H and O–H groups in total. The fourth-order valence-electron chi connectivity index (χ4n) is 2.67. The fraction of sp³-hybridized carbons (Fsp3) is 1.00. The smallest absolute Gasteiger partial charge is 0.151 e. The van der Waals surface area contributed by atoms with Gasteiger partial charge in [0.2, 0.25) is 0 Å². The van der Waals surface area contributed by atoms with E-state index >= 15 is 0 Å². The molecule has 1 rings (SSSR count). The highest BCUT2D eigenvalue weighted by atomic mass is 32.2. The van der Waals surface area contributed by atoms with Crippen molar-refractivity contribution in [1.29, 1.82) is 0 Å². The lowest BCUT2D eigenvalue weighted by atomic mass is 9.82. The molecular weight excluding hydrogens is 234 g/mol. The van der Waals surface area contributed by atoms with Gasteiger partial charge in [0, 0.05) is 11.8 Å². The summed E-state index contributed by atoms with van der Waals surface area (Å²) in [7, 11) is -2.84. The van der Waals surface area contributed by atoms with Crippen molar-refractivity contribution in [1.82, 2.24) is 5.32 Å². The minimum Gasteiger partial charge on any atom is -0.313 e. The predicted octanol–water partition coefficient (Wildman–Crippen LogP) is 2.23. The zero-order valence-electron chi connectivity index (χ0n) is 11.4. The van der Waals surface area contributed by atoms with Crippen LogP contribution in [0.15, 0.2) is 0 Å². The van der Waals surface area contributed by atoms with Crippen molar-refractivity contribution in [2.45, 2.75) is 52.5 Å². The molecule has 3 nitrogen and oxygen atoms in total. The SMILES string of the molecule is CCS(=O)(=O)CC(C)NCC1CCCC(C)C1. The molecule has 0 spiro atoms. The second-order valence-electron chi connectivity index (χ2n) is 5.65. The highest BCUT2D eigenvalue weighted by Crippen LogP contribution is 2.27. The van der Waals surface area contributed by atoms with Gasteiger partial charge in [-0.05, 0) is 38.1 Å². The Labute approximate surface area is 106 Å². The summed E-state index contributed by atoms with van der Waals surface area (Å²) in [4.78, 5) is 0. The van der Waals surface area contributed by atoms with Crippen LogP contribution in [0.2, 0.25) is 0 Å². The summed E-state index contributed by atoms with van der Waals surface area (Å²) in [5.41, 5.74) is 0. The van der Waals surface area contributed by atoms with Gasteiger partial charge in [-0.1, -0.05) is 26.7 Å². The Bertz CT molecular complexity index is 313. The average Bonchev–Trinajstić information content (AvgIpc) is 2.26. The van der Waals surface area contributed by atoms with Crippen LogP contribution in [-0.2, 0) is 9.84 Å². The van der Waals surface area contributed by atoms with E-state index in [2.05, 4.69) is 12.2 Å². The summed E-state index contributed by atoms with van der Waals surface area (Å²) >= 11 is 0. The van der Waals surface area contributed by atoms with Gasteiger partial charge in [0.1, 0.15) is 0 Å². The van der Waals surface area contributed by atoms with Crippen LogP contribution in [0.1, 0.15) is 46.5 Å². The summed E-state index contributed by atoms with van der Waals surface area (Å²) in [5.74, 6) is 2.10. The van der Waals surface area contributed by atoms with E-state index in [1.54, 1.807) is 6.92 Å². The molecule has 0 aliphatic heterocycles. The van der Waals surface area contributed by atoms with Gasteiger partial charge in [0.25, 0.3) is 0 Å². The van der Waals surface area contributed by atoms with Crippen molar-refractivity contribution in [2.24, 2.45) is 11.8 Å². The van der Waals surface area contributed by atoms with Gasteiger partial charge >= 0.3 is 0 Å². The third-order valence-corrected chi connectivity index (χ3v) is 5.63. The fourth-order valence-corrected chi connectivity index (χ4v) is 3.79. The quantitative estimate of drug-likeness (QED) is 0.797. The third-order valence-electron chi connectivity index (χ3n) is 3.74. The molecule has 0 saturated heterocycles. The standard InChI is InChI=1S/C13H27NO2S/c1-4-17(15,16)10-12(3)14-9-13-7-5-6-11(2)8-13/h11-14H,4-10H2,1-3H3. The zero-order chi connectivity index (χ0) is 12.9. The van der Waals surface area contributed by atoms with Crippen LogP contribution in [-0.4, -0.2) is 32.5 Å². The van der Waals surface area contributed by atoms with E-state index in [0.29, 0.717) is 0 Å². The molecule has 1 aliphatic rings. The Morgan fingerprint density at radius 1 is 1.35 bits per heavy atom. The molecule has 0 bridgehead atoms. The van der Waals surface area contributed by atoms with Crippen molar-refractivity contribution in [3.8, 4) is 0 Å². The number of nitrogens with one attached hydrogen (secondary N) is 1. The minimum absolute atomic E-state index is 0.0807. The Morgan fingerprint density at radius 3 is 2.65 bits per heavy atom. The summed E-state index contributed by atoms with van der Waals surface area (Å²) in [6, 6.07) is 0.0807. The van der Waals surface area contributed by atoms with Crippen molar-refractivity contribution in [2.75, 3.05) is 18.1 Å². The topological polar surface area (TPSA) is 46.2 Å². The number of sulfone groups is 1. The molecule has 3 atom stereocenters. The van der Waals surface area contributed by atoms with Gasteiger partial charge in [-0.15, -0.1) is 0 Å². The molecule has 102 valence electrons. The van der Waals surface area contributed by atoms with Gasteiger partial charge < -0.3 is 5.32 Å². The highest BCUT2D eigenvalue weighted by Gasteiger charge is 2.20. The normalized spacial score (nSPS) is 27.9. The minimum atomic E-state index is -2.84. The zero-order valence-corrected chi connectivity index (χ0v) is 12.2. The van der Waals surface area contributed by atoms with Crippen LogP contribution < -0.4 is 5.32 Å². The first-order chi connectivity index (χ1) is 7.93. The van der Waals surface area contributed by atoms with Gasteiger partial charge in [-0.3, -0.25) is 0 Å². The summed E-state index contributed by atoms with van der Waals surface area (Å²) in [6.07, 6.45) is 5.27. The van der Waals surface area contributed by atoms with Crippen LogP contribution in [0, 0.1) is 11.8 Å². The Balaban J connectivity index is 2.25. The molecule has 1 saturated carbocycles. The van der Waals surface area contributed by atoms with Crippen LogP contribution >= 0.6 is 0 Å². The van der Waals surface area contributed by atoms with Gasteiger partial charge in [-0.2, -0.15) is 0 Å². The lowest BCUT2D eigenvalue weighted by molar-refractivity contribution is 0.270. The van der Waals surface area contributed by atoms with Crippen LogP contribution in [0.3, 0.4) is 0 Å². The first-order valence-electron chi connectivity index (χ1n) is 6.86. The predicted molar refractivity (Wildman–Crippen MR) is 72.9 cm³/mol. The number of hydrogen-bond donors (Lipinski definition) is 1. The molecule has 0 aromatic heterocycles. The largest absolute Gasteiger partial charge is 0.313 e. The van der Waals surface area contributed by atoms with E-state index in [-0.39, 0.29) is 17.5 Å². The second-order valence-corrected chi connectivity index (χ2v) is 8.04. The molecule has 17 heavy (non-hydrogen) atoms. The maximum atomic E-state index is 11.5. The van der Waals surface area contributed by atoms with E-state index < -0.39 is 9.84 Å². The van der Waals surface area contributed by atoms with Crippen LogP contribution in [0.5, 0.6) is 0 Å². The maximum Gasteiger partial charge on any atom is 0.151 e. The number of hydrogen-bond acceptors (Lipinski definition) is 3. The Kier molecular flexibility index (Phi) is 5.93. The molecule has 0 amide bonds. The Morgan fingerprint density at radius 2 is 2.06 bits per heavy atom. The van der Waals surface area contributed by atoms with Gasteiger partial charge in [0.05, 0.1) is 5.75 Å². The monoisotopic (exact) mass is 261 g/mol. The molecule has 3 unspecified atom stereocenters. The third kappa shape index (κ3) is 5.87. The van der Waals surface area contributed by atoms with Crippen molar-refractivity contribution < 1.29 is 8.42 Å². The molecule has 4 heteroatoms. The first kappa shape index (κ1) is 15.0. The number of rotatable bonds is 6. The van der Waals surface area contributed by atoms with Crippen LogP contribution in [0.4, 0.5) is 0 Å². The van der Waals surface area contributed by atoms with E-state index in [0.717, 1.165) is 18.4 Å². The Hall–Kier alpha value is -0.0900. The first-order valence-corrected chi connectivity index (χ1v) is 8.69. The van der Waals surface area contributed by atoms with Crippen LogP contribution in [0.25, 0.3) is 0 Å². The van der Waals surface area contributed by atoms with Gasteiger partial charge in [-0.25, -0.2) is 8.42 Å².